The molecular weight excluding hydrogens is 481 g/mol. The Labute approximate surface area is 190 Å². The second kappa shape index (κ2) is 12.6. The molecule has 0 aliphatic carbocycles. The summed E-state index contributed by atoms with van der Waals surface area (Å²) in [4.78, 5) is 19.6. The van der Waals surface area contributed by atoms with Gasteiger partial charge in [-0.15, -0.1) is 24.0 Å². The lowest BCUT2D eigenvalue weighted by Crippen LogP contribution is -2.42. The number of H-pyrrole nitrogens is 1. The number of guanidine groups is 1. The average molecular weight is 515 g/mol. The quantitative estimate of drug-likeness (QED) is 0.186. The molecule has 1 heterocycles. The number of benzene rings is 1. The number of amides is 1. The fraction of sp³-hybridized carbons (Fsp3) is 0.524. The van der Waals surface area contributed by atoms with Crippen molar-refractivity contribution in [3.63, 3.8) is 0 Å². The number of aryl methyl sites for hydroxylation is 1. The number of para-hydroxylation sites is 1. The van der Waals surface area contributed by atoms with Crippen LogP contribution in [0.4, 0.5) is 4.79 Å². The van der Waals surface area contributed by atoms with Gasteiger partial charge in [-0.05, 0) is 52.2 Å². The van der Waals surface area contributed by atoms with Gasteiger partial charge in [0.1, 0.15) is 5.60 Å². The van der Waals surface area contributed by atoms with E-state index in [1.165, 1.54) is 16.5 Å². The summed E-state index contributed by atoms with van der Waals surface area (Å²) < 4.78 is 5.21. The van der Waals surface area contributed by atoms with E-state index in [0.717, 1.165) is 31.9 Å². The highest BCUT2D eigenvalue weighted by molar-refractivity contribution is 14.0. The van der Waals surface area contributed by atoms with Gasteiger partial charge in [-0.1, -0.05) is 18.2 Å². The lowest BCUT2D eigenvalue weighted by atomic mass is 10.1. The zero-order valence-electron chi connectivity index (χ0n) is 17.8. The van der Waals surface area contributed by atoms with Crippen molar-refractivity contribution in [3.05, 3.63) is 36.0 Å². The highest BCUT2D eigenvalue weighted by Gasteiger charge is 2.15. The van der Waals surface area contributed by atoms with Crippen LogP contribution in [0.25, 0.3) is 10.9 Å². The molecule has 1 amide bonds. The van der Waals surface area contributed by atoms with Gasteiger partial charge in [0, 0.05) is 43.3 Å². The Morgan fingerprint density at radius 1 is 1.14 bits per heavy atom. The van der Waals surface area contributed by atoms with Crippen molar-refractivity contribution in [3.8, 4) is 0 Å². The maximum atomic E-state index is 11.6. The molecule has 29 heavy (non-hydrogen) atoms. The van der Waals surface area contributed by atoms with Crippen LogP contribution in [0.3, 0.4) is 0 Å². The van der Waals surface area contributed by atoms with Crippen molar-refractivity contribution >= 4 is 46.9 Å². The lowest BCUT2D eigenvalue weighted by molar-refractivity contribution is 0.0529. The van der Waals surface area contributed by atoms with E-state index in [9.17, 15) is 4.79 Å². The predicted molar refractivity (Wildman–Crippen MR) is 130 cm³/mol. The normalized spacial score (nSPS) is 11.7. The Kier molecular flexibility index (Phi) is 10.9. The minimum absolute atomic E-state index is 0. The number of nitrogens with zero attached hydrogens (tertiary/aromatic N) is 1. The van der Waals surface area contributed by atoms with E-state index in [0.29, 0.717) is 13.1 Å². The molecule has 2 rings (SSSR count). The molecule has 4 N–H and O–H groups in total. The number of rotatable bonds is 8. The van der Waals surface area contributed by atoms with E-state index in [4.69, 9.17) is 4.74 Å². The molecule has 162 valence electrons. The maximum absolute atomic E-state index is 11.6. The third-order valence-corrected chi connectivity index (χ3v) is 3.98. The molecule has 0 saturated carbocycles. The summed E-state index contributed by atoms with van der Waals surface area (Å²) in [7, 11) is 0. The molecule has 0 saturated heterocycles. The molecule has 0 spiro atoms. The molecule has 7 nitrogen and oxygen atoms in total. The number of aromatic nitrogens is 1. The fourth-order valence-corrected chi connectivity index (χ4v) is 2.80. The molecule has 0 fully saturated rings. The van der Waals surface area contributed by atoms with Crippen molar-refractivity contribution < 1.29 is 9.53 Å². The zero-order chi connectivity index (χ0) is 20.4. The number of aliphatic imine (C=N–C) groups is 1. The molecule has 0 atom stereocenters. The van der Waals surface area contributed by atoms with E-state index < -0.39 is 11.7 Å². The van der Waals surface area contributed by atoms with Crippen molar-refractivity contribution in [2.45, 2.75) is 46.1 Å². The third-order valence-electron chi connectivity index (χ3n) is 3.98. The topological polar surface area (TPSA) is 90.5 Å². The van der Waals surface area contributed by atoms with E-state index in [2.05, 4.69) is 50.3 Å². The van der Waals surface area contributed by atoms with Crippen LogP contribution in [-0.2, 0) is 11.2 Å². The van der Waals surface area contributed by atoms with Gasteiger partial charge in [0.15, 0.2) is 5.96 Å². The van der Waals surface area contributed by atoms with Crippen molar-refractivity contribution in [1.82, 2.24) is 20.9 Å². The second-order valence-corrected chi connectivity index (χ2v) is 7.58. The molecule has 0 unspecified atom stereocenters. The monoisotopic (exact) mass is 515 g/mol. The van der Waals surface area contributed by atoms with Crippen LogP contribution in [0, 0.1) is 0 Å². The Bertz CT molecular complexity index is 783. The van der Waals surface area contributed by atoms with Gasteiger partial charge in [0.2, 0.25) is 0 Å². The highest BCUT2D eigenvalue weighted by Crippen LogP contribution is 2.18. The number of alkyl carbamates (subject to hydrolysis) is 1. The summed E-state index contributed by atoms with van der Waals surface area (Å²) in [6, 6.07) is 8.35. The summed E-state index contributed by atoms with van der Waals surface area (Å²) in [6.07, 6.45) is 3.62. The number of ether oxygens (including phenoxy) is 1. The predicted octanol–water partition coefficient (Wildman–Crippen LogP) is 3.80. The van der Waals surface area contributed by atoms with Crippen LogP contribution in [-0.4, -0.2) is 48.8 Å². The smallest absolute Gasteiger partial charge is 0.407 e. The molecule has 0 aliphatic heterocycles. The molecule has 8 heteroatoms. The lowest BCUT2D eigenvalue weighted by Gasteiger charge is -2.19. The van der Waals surface area contributed by atoms with Gasteiger partial charge in [-0.25, -0.2) is 4.79 Å². The number of halogens is 1. The van der Waals surface area contributed by atoms with Gasteiger partial charge >= 0.3 is 6.09 Å². The first-order valence-corrected chi connectivity index (χ1v) is 9.93. The van der Waals surface area contributed by atoms with Crippen LogP contribution in [0.5, 0.6) is 0 Å². The molecule has 1 aromatic heterocycles. The molecule has 0 radical (unpaired) electrons. The number of nitrogens with one attached hydrogen (secondary N) is 4. The standard InChI is InChI=1S/C21H33N5O2.HI/c1-5-22-19(24-13-14-25-20(27)28-21(2,3)4)23-12-8-9-16-15-26-18-11-7-6-10-17(16)18;/h6-7,10-11,15,26H,5,8-9,12-14H2,1-4H3,(H,25,27)(H2,22,23,24);1H. The number of carbonyl (C=O) groups excluding carboxylic acids is 1. The first-order valence-electron chi connectivity index (χ1n) is 9.93. The summed E-state index contributed by atoms with van der Waals surface area (Å²) in [5.41, 5.74) is 2.01. The Morgan fingerprint density at radius 3 is 2.59 bits per heavy atom. The van der Waals surface area contributed by atoms with Crippen LogP contribution in [0.15, 0.2) is 35.5 Å². The Morgan fingerprint density at radius 2 is 1.86 bits per heavy atom. The summed E-state index contributed by atoms with van der Waals surface area (Å²) in [5, 5.41) is 10.5. The molecule has 2 aromatic rings. The number of hydrogen-bond donors (Lipinski definition) is 4. The molecule has 0 aliphatic rings. The van der Waals surface area contributed by atoms with Crippen LogP contribution >= 0.6 is 24.0 Å². The third kappa shape index (κ3) is 9.38. The highest BCUT2D eigenvalue weighted by atomic mass is 127. The zero-order valence-corrected chi connectivity index (χ0v) is 20.1. The first kappa shape index (κ1) is 25.1. The molecule has 1 aromatic carbocycles. The van der Waals surface area contributed by atoms with Crippen LogP contribution < -0.4 is 16.0 Å². The molecular formula is C21H34IN5O2. The van der Waals surface area contributed by atoms with E-state index in [1.54, 1.807) is 0 Å². The SMILES string of the molecule is CCNC(=NCCCc1c[nH]c2ccccc12)NCCNC(=O)OC(C)(C)C.I. The average Bonchev–Trinajstić information content (AvgIpc) is 3.04. The van der Waals surface area contributed by atoms with E-state index in [1.807, 2.05) is 33.8 Å². The summed E-state index contributed by atoms with van der Waals surface area (Å²) >= 11 is 0. The van der Waals surface area contributed by atoms with Crippen molar-refractivity contribution in [2.24, 2.45) is 4.99 Å². The van der Waals surface area contributed by atoms with Gasteiger partial charge < -0.3 is 25.7 Å². The minimum Gasteiger partial charge on any atom is -0.444 e. The number of carbonyl (C=O) groups is 1. The van der Waals surface area contributed by atoms with Crippen molar-refractivity contribution in [1.29, 1.82) is 0 Å². The number of fused-ring (bicyclic) bond motifs is 1. The van der Waals surface area contributed by atoms with Crippen LogP contribution in [0.2, 0.25) is 0 Å². The van der Waals surface area contributed by atoms with Gasteiger partial charge in [0.05, 0.1) is 0 Å². The summed E-state index contributed by atoms with van der Waals surface area (Å²) in [6.45, 7) is 10.1. The fourth-order valence-electron chi connectivity index (χ4n) is 2.80. The first-order chi connectivity index (χ1) is 13.4. The van der Waals surface area contributed by atoms with Crippen LogP contribution in [0.1, 0.15) is 39.7 Å². The minimum atomic E-state index is -0.487. The van der Waals surface area contributed by atoms with Gasteiger partial charge in [0.25, 0.3) is 0 Å². The Balaban J connectivity index is 0.00000420. The maximum Gasteiger partial charge on any atom is 0.407 e. The van der Waals surface area contributed by atoms with E-state index in [-0.39, 0.29) is 24.0 Å². The van der Waals surface area contributed by atoms with Crippen molar-refractivity contribution in [2.75, 3.05) is 26.2 Å². The molecule has 0 bridgehead atoms. The second-order valence-electron chi connectivity index (χ2n) is 7.58. The number of aromatic amines is 1. The van der Waals surface area contributed by atoms with E-state index >= 15 is 0 Å². The number of hydrogen-bond acceptors (Lipinski definition) is 3. The largest absolute Gasteiger partial charge is 0.444 e. The van der Waals surface area contributed by atoms with Gasteiger partial charge in [-0.3, -0.25) is 4.99 Å². The van der Waals surface area contributed by atoms with Gasteiger partial charge in [-0.2, -0.15) is 0 Å². The summed E-state index contributed by atoms with van der Waals surface area (Å²) in [5.74, 6) is 0.757. The Hall–Kier alpha value is -1.97.